The number of thioether (sulfide) groups is 1. The van der Waals surface area contributed by atoms with Crippen LogP contribution >= 0.6 is 11.8 Å². The van der Waals surface area contributed by atoms with Gasteiger partial charge in [0.25, 0.3) is 11.1 Å². The van der Waals surface area contributed by atoms with Gasteiger partial charge in [-0.2, -0.15) is 0 Å². The Balaban J connectivity index is 1.57. The van der Waals surface area contributed by atoms with Crippen molar-refractivity contribution in [1.82, 2.24) is 15.5 Å². The molecule has 2 aliphatic rings. The predicted octanol–water partition coefficient (Wildman–Crippen LogP) is 2.34. The van der Waals surface area contributed by atoms with Gasteiger partial charge in [-0.15, -0.1) is 0 Å². The summed E-state index contributed by atoms with van der Waals surface area (Å²) < 4.78 is 15.2. The van der Waals surface area contributed by atoms with Crippen LogP contribution in [-0.4, -0.2) is 61.1 Å². The van der Waals surface area contributed by atoms with Crippen molar-refractivity contribution >= 4 is 41.0 Å². The second-order valence-corrected chi connectivity index (χ2v) is 8.55. The van der Waals surface area contributed by atoms with Crippen LogP contribution in [0.2, 0.25) is 0 Å². The summed E-state index contributed by atoms with van der Waals surface area (Å²) in [6.07, 6.45) is 1.33. The lowest BCUT2D eigenvalue weighted by Crippen LogP contribution is -2.49. The number of carbonyl (C=O) groups excluding carboxylic acids is 4. The largest absolute Gasteiger partial charge is 0.454 e. The Kier molecular flexibility index (Phi) is 7.62. The molecule has 4 amide bonds. The highest BCUT2D eigenvalue weighted by Gasteiger charge is 2.35. The van der Waals surface area contributed by atoms with Gasteiger partial charge in [-0.1, -0.05) is 19.9 Å². The van der Waals surface area contributed by atoms with Crippen molar-refractivity contribution in [3.8, 4) is 11.5 Å². The number of ether oxygens (including phenoxy) is 3. The molecule has 172 valence electrons. The zero-order chi connectivity index (χ0) is 23.3. The van der Waals surface area contributed by atoms with Crippen LogP contribution in [0.15, 0.2) is 23.1 Å². The van der Waals surface area contributed by atoms with Crippen LogP contribution in [0.25, 0.3) is 6.08 Å². The molecule has 32 heavy (non-hydrogen) atoms. The first-order valence-corrected chi connectivity index (χ1v) is 10.9. The fourth-order valence-corrected chi connectivity index (χ4v) is 4.03. The van der Waals surface area contributed by atoms with E-state index < -0.39 is 29.2 Å². The molecule has 1 atom stereocenters. The highest BCUT2D eigenvalue weighted by molar-refractivity contribution is 8.18. The number of fused-ring (bicyclic) bond motifs is 1. The fourth-order valence-electron chi connectivity index (χ4n) is 3.17. The first-order valence-electron chi connectivity index (χ1n) is 10.1. The molecule has 0 spiro atoms. The number of imide groups is 1. The number of alkyl carbamates (subject to hydrolysis) is 1. The van der Waals surface area contributed by atoms with Crippen LogP contribution in [0.3, 0.4) is 0 Å². The number of hydrogen-bond acceptors (Lipinski definition) is 8. The van der Waals surface area contributed by atoms with Gasteiger partial charge in [-0.25, -0.2) is 4.79 Å². The molecule has 10 nitrogen and oxygen atoms in total. The normalized spacial score (nSPS) is 17.1. The summed E-state index contributed by atoms with van der Waals surface area (Å²) in [7, 11) is 1.22. The van der Waals surface area contributed by atoms with Gasteiger partial charge in [-0.05, 0) is 47.9 Å². The minimum Gasteiger partial charge on any atom is -0.454 e. The topological polar surface area (TPSA) is 123 Å². The molecule has 3 rings (SSSR count). The van der Waals surface area contributed by atoms with E-state index in [9.17, 15) is 19.2 Å². The molecular formula is C21H25N3O7S. The van der Waals surface area contributed by atoms with Gasteiger partial charge >= 0.3 is 6.09 Å². The minimum absolute atomic E-state index is 0.0154. The SMILES string of the molecule is COC(=O)NC(CC(C)C)C(=O)NCCN1C(=O)S/C(=C\c2ccc3c(c2)OCO3)C1=O. The molecule has 1 fully saturated rings. The average molecular weight is 464 g/mol. The van der Waals surface area contributed by atoms with Gasteiger partial charge < -0.3 is 24.8 Å². The molecule has 1 aromatic rings. The number of nitrogens with zero attached hydrogens (tertiary/aromatic N) is 1. The smallest absolute Gasteiger partial charge is 0.407 e. The third-order valence-electron chi connectivity index (χ3n) is 4.70. The van der Waals surface area contributed by atoms with Crippen molar-refractivity contribution in [3.05, 3.63) is 28.7 Å². The minimum atomic E-state index is -0.775. The molecule has 2 N–H and O–H groups in total. The lowest BCUT2D eigenvalue weighted by molar-refractivity contribution is -0.125. The first kappa shape index (κ1) is 23.5. The predicted molar refractivity (Wildman–Crippen MR) is 117 cm³/mol. The number of nitrogens with one attached hydrogen (secondary N) is 2. The molecule has 2 heterocycles. The maximum atomic E-state index is 12.7. The van der Waals surface area contributed by atoms with E-state index in [0.717, 1.165) is 16.7 Å². The molecule has 1 aromatic carbocycles. The van der Waals surface area contributed by atoms with Crippen LogP contribution in [0.4, 0.5) is 9.59 Å². The summed E-state index contributed by atoms with van der Waals surface area (Å²) in [4.78, 5) is 50.3. The Morgan fingerprint density at radius 2 is 2.00 bits per heavy atom. The summed E-state index contributed by atoms with van der Waals surface area (Å²) in [5.41, 5.74) is 0.707. The number of amides is 4. The van der Waals surface area contributed by atoms with E-state index in [-0.39, 0.29) is 30.7 Å². The highest BCUT2D eigenvalue weighted by Crippen LogP contribution is 2.36. The van der Waals surface area contributed by atoms with E-state index in [2.05, 4.69) is 15.4 Å². The number of carbonyl (C=O) groups is 4. The van der Waals surface area contributed by atoms with Crippen LogP contribution < -0.4 is 20.1 Å². The maximum absolute atomic E-state index is 12.7. The van der Waals surface area contributed by atoms with Gasteiger partial charge in [0.15, 0.2) is 11.5 Å². The van der Waals surface area contributed by atoms with Crippen molar-refractivity contribution < 1.29 is 33.4 Å². The third-order valence-corrected chi connectivity index (χ3v) is 5.61. The lowest BCUT2D eigenvalue weighted by atomic mass is 10.0. The summed E-state index contributed by atoms with van der Waals surface area (Å²) in [5.74, 6) is 0.524. The summed E-state index contributed by atoms with van der Waals surface area (Å²) in [6.45, 7) is 4.07. The zero-order valence-corrected chi connectivity index (χ0v) is 18.8. The van der Waals surface area contributed by atoms with Crippen LogP contribution in [-0.2, 0) is 14.3 Å². The second kappa shape index (κ2) is 10.4. The summed E-state index contributed by atoms with van der Waals surface area (Å²) in [6, 6.07) is 4.47. The average Bonchev–Trinajstić information content (AvgIpc) is 3.32. The summed E-state index contributed by atoms with van der Waals surface area (Å²) >= 11 is 0.835. The van der Waals surface area contributed by atoms with Crippen LogP contribution in [0.1, 0.15) is 25.8 Å². The molecule has 0 saturated carbocycles. The Morgan fingerprint density at radius 3 is 2.72 bits per heavy atom. The molecule has 0 bridgehead atoms. The van der Waals surface area contributed by atoms with Crippen molar-refractivity contribution in [3.63, 3.8) is 0 Å². The lowest BCUT2D eigenvalue weighted by Gasteiger charge is -2.20. The zero-order valence-electron chi connectivity index (χ0n) is 18.0. The number of methoxy groups -OCH3 is 1. The Labute approximate surface area is 189 Å². The molecule has 1 unspecified atom stereocenters. The second-order valence-electron chi connectivity index (χ2n) is 7.56. The molecule has 11 heteroatoms. The molecule has 2 aliphatic heterocycles. The van der Waals surface area contributed by atoms with E-state index in [1.807, 2.05) is 13.8 Å². The van der Waals surface area contributed by atoms with Crippen LogP contribution in [0, 0.1) is 5.92 Å². The van der Waals surface area contributed by atoms with E-state index >= 15 is 0 Å². The standard InChI is InChI=1S/C21H25N3O7S/c1-12(2)8-14(23-20(27)29-3)18(25)22-6-7-24-19(26)17(32-21(24)28)10-13-4-5-15-16(9-13)31-11-30-15/h4-5,9-10,12,14H,6-8,11H2,1-3H3,(H,22,25)(H,23,27)/b17-10-. The van der Waals surface area contributed by atoms with Crippen molar-refractivity contribution in [2.24, 2.45) is 5.92 Å². The first-order chi connectivity index (χ1) is 15.3. The van der Waals surface area contributed by atoms with Crippen molar-refractivity contribution in [2.45, 2.75) is 26.3 Å². The molecule has 0 aromatic heterocycles. The maximum Gasteiger partial charge on any atom is 0.407 e. The Hall–Kier alpha value is -3.21. The fraction of sp³-hybridized carbons (Fsp3) is 0.429. The summed E-state index contributed by atoms with van der Waals surface area (Å²) in [5, 5.41) is 4.74. The van der Waals surface area contributed by atoms with E-state index in [1.54, 1.807) is 24.3 Å². The molecular weight excluding hydrogens is 438 g/mol. The Morgan fingerprint density at radius 1 is 1.25 bits per heavy atom. The van der Waals surface area contributed by atoms with Crippen molar-refractivity contribution in [1.29, 1.82) is 0 Å². The number of hydrogen-bond donors (Lipinski definition) is 2. The third kappa shape index (κ3) is 5.72. The monoisotopic (exact) mass is 463 g/mol. The number of rotatable bonds is 8. The highest BCUT2D eigenvalue weighted by atomic mass is 32.2. The van der Waals surface area contributed by atoms with E-state index in [4.69, 9.17) is 9.47 Å². The molecule has 1 saturated heterocycles. The van der Waals surface area contributed by atoms with Crippen molar-refractivity contribution in [2.75, 3.05) is 27.0 Å². The van der Waals surface area contributed by atoms with E-state index in [0.29, 0.717) is 23.5 Å². The van der Waals surface area contributed by atoms with Crippen LogP contribution in [0.5, 0.6) is 11.5 Å². The molecule has 0 radical (unpaired) electrons. The van der Waals surface area contributed by atoms with Gasteiger partial charge in [-0.3, -0.25) is 19.3 Å². The van der Waals surface area contributed by atoms with Gasteiger partial charge in [0.2, 0.25) is 12.7 Å². The molecule has 0 aliphatic carbocycles. The van der Waals surface area contributed by atoms with Gasteiger partial charge in [0.05, 0.1) is 12.0 Å². The number of benzene rings is 1. The Bertz CT molecular complexity index is 947. The van der Waals surface area contributed by atoms with Gasteiger partial charge in [0.1, 0.15) is 6.04 Å². The van der Waals surface area contributed by atoms with Gasteiger partial charge in [0, 0.05) is 13.1 Å². The van der Waals surface area contributed by atoms with E-state index in [1.165, 1.54) is 7.11 Å². The quantitative estimate of drug-likeness (QED) is 0.563.